The zero-order valence-electron chi connectivity index (χ0n) is 23.7. The van der Waals surface area contributed by atoms with Crippen molar-refractivity contribution in [3.05, 3.63) is 53.7 Å². The number of hydrogen-bond acceptors (Lipinski definition) is 7. The monoisotopic (exact) mass is 606 g/mol. The second kappa shape index (κ2) is 14.0. The first kappa shape index (κ1) is 31.9. The highest BCUT2D eigenvalue weighted by atomic mass is 19.4. The molecule has 4 rings (SSSR count). The summed E-state index contributed by atoms with van der Waals surface area (Å²) >= 11 is 0. The van der Waals surface area contributed by atoms with Crippen LogP contribution in [0.5, 0.6) is 5.75 Å². The number of hydrogen-bond donors (Lipinski definition) is 4. The van der Waals surface area contributed by atoms with Crippen molar-refractivity contribution in [2.45, 2.75) is 37.5 Å². The molecule has 0 amide bonds. The molecule has 43 heavy (non-hydrogen) atoms. The number of halogens is 4. The maximum atomic E-state index is 15.1. The first-order valence-corrected chi connectivity index (χ1v) is 13.6. The van der Waals surface area contributed by atoms with Gasteiger partial charge in [-0.15, -0.1) is 0 Å². The second-order valence-electron chi connectivity index (χ2n) is 10.3. The highest BCUT2D eigenvalue weighted by molar-refractivity contribution is 5.94. The number of rotatable bonds is 11. The Bertz CT molecular complexity index is 1480. The summed E-state index contributed by atoms with van der Waals surface area (Å²) in [4.78, 5) is 13.0. The van der Waals surface area contributed by atoms with Gasteiger partial charge < -0.3 is 34.9 Å². The summed E-state index contributed by atoms with van der Waals surface area (Å²) in [6.07, 6.45) is -6.05. The Morgan fingerprint density at radius 2 is 1.98 bits per heavy atom. The standard InChI is InChI=1S/C30H34F4N4O5/c1-42-17-21(39)15-37-12-10-25(23(31)16-37)36-24-6-3-7-27-22(24)14-20(38(27)18-30(32,33)34)5-4-11-35-26-9-8-19(29(40)41)13-28(26)43-2/h3,6-9,13-14,21,23,25,35-36,39H,10-12,15-18H2,1-2H3,(H,40,41)/t21?,23-,25+/m0/s1. The molecule has 13 heteroatoms. The van der Waals surface area contributed by atoms with E-state index in [-0.39, 0.29) is 43.2 Å². The van der Waals surface area contributed by atoms with Crippen molar-refractivity contribution in [3.8, 4) is 17.6 Å². The van der Waals surface area contributed by atoms with Gasteiger partial charge in [-0.3, -0.25) is 4.90 Å². The van der Waals surface area contributed by atoms with E-state index in [4.69, 9.17) is 14.6 Å². The Hall–Kier alpha value is -3.99. The molecule has 0 aliphatic carbocycles. The fraction of sp³-hybridized carbons (Fsp3) is 0.433. The molecule has 1 saturated heterocycles. The number of aromatic carboxylic acids is 1. The Labute approximate surface area is 246 Å². The van der Waals surface area contributed by atoms with Gasteiger partial charge in [-0.2, -0.15) is 13.2 Å². The van der Waals surface area contributed by atoms with Gasteiger partial charge in [-0.1, -0.05) is 12.0 Å². The molecule has 2 heterocycles. The van der Waals surface area contributed by atoms with Gasteiger partial charge >= 0.3 is 12.1 Å². The molecule has 0 bridgehead atoms. The Kier molecular flexibility index (Phi) is 10.4. The number of likely N-dealkylation sites (tertiary alicyclic amines) is 1. The van der Waals surface area contributed by atoms with E-state index in [9.17, 15) is 23.1 Å². The number of nitrogens with one attached hydrogen (secondary N) is 2. The number of anilines is 2. The predicted molar refractivity (Wildman–Crippen MR) is 155 cm³/mol. The molecule has 3 aromatic rings. The third-order valence-electron chi connectivity index (χ3n) is 7.11. The molecule has 1 aromatic heterocycles. The van der Waals surface area contributed by atoms with Crippen LogP contribution >= 0.6 is 0 Å². The summed E-state index contributed by atoms with van der Waals surface area (Å²) in [6.45, 7) is -0.123. The fourth-order valence-corrected chi connectivity index (χ4v) is 5.15. The maximum absolute atomic E-state index is 15.1. The molecule has 1 unspecified atom stereocenters. The van der Waals surface area contributed by atoms with E-state index < -0.39 is 37.0 Å². The molecule has 9 nitrogen and oxygen atoms in total. The number of carbonyl (C=O) groups is 1. The Morgan fingerprint density at radius 1 is 1.19 bits per heavy atom. The number of aromatic nitrogens is 1. The Balaban J connectivity index is 1.53. The third kappa shape index (κ3) is 8.31. The summed E-state index contributed by atoms with van der Waals surface area (Å²) in [7, 11) is 2.87. The van der Waals surface area contributed by atoms with E-state index >= 15 is 4.39 Å². The van der Waals surface area contributed by atoms with Crippen molar-refractivity contribution < 1.29 is 42.0 Å². The van der Waals surface area contributed by atoms with Crippen molar-refractivity contribution in [2.75, 3.05) is 57.6 Å². The summed E-state index contributed by atoms with van der Waals surface area (Å²) in [6, 6.07) is 10.2. The molecule has 0 saturated carbocycles. The van der Waals surface area contributed by atoms with Crippen LogP contribution in [0.15, 0.2) is 42.5 Å². The molecule has 4 N–H and O–H groups in total. The quantitative estimate of drug-likeness (QED) is 0.190. The van der Waals surface area contributed by atoms with Crippen LogP contribution in [0.1, 0.15) is 22.5 Å². The number of nitrogens with zero attached hydrogens (tertiary/aromatic N) is 2. The van der Waals surface area contributed by atoms with E-state index in [0.717, 1.165) is 4.57 Å². The van der Waals surface area contributed by atoms with Gasteiger partial charge in [-0.25, -0.2) is 9.18 Å². The van der Waals surface area contributed by atoms with Gasteiger partial charge in [0, 0.05) is 37.8 Å². The maximum Gasteiger partial charge on any atom is 0.406 e. The summed E-state index contributed by atoms with van der Waals surface area (Å²) < 4.78 is 67.1. The van der Waals surface area contributed by atoms with Crippen molar-refractivity contribution >= 4 is 28.2 Å². The van der Waals surface area contributed by atoms with E-state index in [1.165, 1.54) is 32.4 Å². The molecule has 0 spiro atoms. The number of aliphatic hydroxyl groups excluding tert-OH is 1. The molecule has 1 fully saturated rings. The number of fused-ring (bicyclic) bond motifs is 1. The van der Waals surface area contributed by atoms with Crippen molar-refractivity contribution in [3.63, 3.8) is 0 Å². The highest BCUT2D eigenvalue weighted by Crippen LogP contribution is 2.32. The van der Waals surface area contributed by atoms with Crippen LogP contribution in [-0.2, 0) is 11.3 Å². The van der Waals surface area contributed by atoms with E-state index in [1.54, 1.807) is 24.3 Å². The summed E-state index contributed by atoms with van der Waals surface area (Å²) in [5, 5.41) is 25.8. The summed E-state index contributed by atoms with van der Waals surface area (Å²) in [5.74, 6) is 4.81. The minimum atomic E-state index is -4.51. The molecule has 1 aliphatic rings. The number of piperidine rings is 1. The van der Waals surface area contributed by atoms with Crippen molar-refractivity contribution in [1.29, 1.82) is 0 Å². The molecular weight excluding hydrogens is 572 g/mol. The van der Waals surface area contributed by atoms with Crippen molar-refractivity contribution in [1.82, 2.24) is 9.47 Å². The van der Waals surface area contributed by atoms with E-state index in [2.05, 4.69) is 22.5 Å². The van der Waals surface area contributed by atoms with Crippen LogP contribution in [0.3, 0.4) is 0 Å². The lowest BCUT2D eigenvalue weighted by molar-refractivity contribution is -0.140. The molecule has 1 aliphatic heterocycles. The lowest BCUT2D eigenvalue weighted by atomic mass is 10.0. The van der Waals surface area contributed by atoms with Crippen LogP contribution < -0.4 is 15.4 Å². The minimum absolute atomic E-state index is 0.0417. The number of aliphatic hydroxyl groups is 1. The molecule has 3 atom stereocenters. The zero-order chi connectivity index (χ0) is 31.1. The molecule has 2 aromatic carbocycles. The topological polar surface area (TPSA) is 108 Å². The van der Waals surface area contributed by atoms with Gasteiger partial charge in [0.1, 0.15) is 18.5 Å². The number of alkyl halides is 4. The first-order chi connectivity index (χ1) is 20.5. The van der Waals surface area contributed by atoms with Crippen LogP contribution in [0, 0.1) is 11.8 Å². The molecule has 232 valence electrons. The molecular formula is C30H34F4N4O5. The number of ether oxygens (including phenoxy) is 2. The lowest BCUT2D eigenvalue weighted by Gasteiger charge is -2.36. The number of methoxy groups -OCH3 is 2. The smallest absolute Gasteiger partial charge is 0.406 e. The first-order valence-electron chi connectivity index (χ1n) is 13.6. The van der Waals surface area contributed by atoms with Crippen molar-refractivity contribution in [2.24, 2.45) is 0 Å². The highest BCUT2D eigenvalue weighted by Gasteiger charge is 2.32. The van der Waals surface area contributed by atoms with Crippen LogP contribution in [0.2, 0.25) is 0 Å². The SMILES string of the molecule is COCC(O)CN1CC[C@@H](Nc2cccc3c2cc(C#CCNc2ccc(C(=O)O)cc2OC)n3CC(F)(F)F)[C@@H](F)C1. The molecule has 0 radical (unpaired) electrons. The third-order valence-corrected chi connectivity index (χ3v) is 7.11. The van der Waals surface area contributed by atoms with Crippen LogP contribution in [0.4, 0.5) is 28.9 Å². The van der Waals surface area contributed by atoms with E-state index in [1.807, 2.05) is 4.90 Å². The number of carboxylic acids is 1. The second-order valence-corrected chi connectivity index (χ2v) is 10.3. The average Bonchev–Trinajstić information content (AvgIpc) is 3.29. The fourth-order valence-electron chi connectivity index (χ4n) is 5.15. The van der Waals surface area contributed by atoms with E-state index in [0.29, 0.717) is 35.2 Å². The minimum Gasteiger partial charge on any atom is -0.495 e. The average molecular weight is 607 g/mol. The number of carboxylic acid groups (broad SMARTS) is 1. The largest absolute Gasteiger partial charge is 0.495 e. The zero-order valence-corrected chi connectivity index (χ0v) is 23.7. The van der Waals surface area contributed by atoms with Gasteiger partial charge in [0.25, 0.3) is 0 Å². The lowest BCUT2D eigenvalue weighted by Crippen LogP contribution is -2.50. The van der Waals surface area contributed by atoms with Gasteiger partial charge in [0.15, 0.2) is 0 Å². The Morgan fingerprint density at radius 3 is 2.65 bits per heavy atom. The predicted octanol–water partition coefficient (Wildman–Crippen LogP) is 4.21. The van der Waals surface area contributed by atoms with Gasteiger partial charge in [0.05, 0.1) is 54.9 Å². The normalized spacial score (nSPS) is 18.1. The number of benzene rings is 2. The number of β-amino-alcohol motifs (C(OH)–C–C–N with tert-alkyl or cyclic N) is 1. The van der Waals surface area contributed by atoms with Crippen LogP contribution in [-0.4, -0.2) is 97.1 Å². The summed E-state index contributed by atoms with van der Waals surface area (Å²) in [5.41, 5.74) is 1.46. The van der Waals surface area contributed by atoms with Crippen LogP contribution in [0.25, 0.3) is 10.9 Å². The van der Waals surface area contributed by atoms with Gasteiger partial charge in [-0.05, 0) is 48.7 Å². The van der Waals surface area contributed by atoms with Gasteiger partial charge in [0.2, 0.25) is 0 Å².